The normalized spacial score (nSPS) is 9.94. The molecular formula is C10H9N3O4. The Hall–Kier alpha value is -2.57. The number of rotatable bonds is 4. The summed E-state index contributed by atoms with van der Waals surface area (Å²) in [6, 6.07) is 8.77. The fourth-order valence-electron chi connectivity index (χ4n) is 1.21. The monoisotopic (exact) mass is 235 g/mol. The summed E-state index contributed by atoms with van der Waals surface area (Å²) >= 11 is 0. The lowest BCUT2D eigenvalue weighted by molar-refractivity contribution is 0.0683. The van der Waals surface area contributed by atoms with E-state index in [-0.39, 0.29) is 11.6 Å². The van der Waals surface area contributed by atoms with E-state index in [2.05, 4.69) is 10.3 Å². The standard InChI is InChI=1S/C10H9N3O4/c1-16-9-8(10(14)15)11-12-13(9)17-7-5-3-2-4-6-7/h2-6H,1H3,(H,14,15). The van der Waals surface area contributed by atoms with Gasteiger partial charge in [-0.1, -0.05) is 18.2 Å². The molecule has 1 N–H and O–H groups in total. The highest BCUT2D eigenvalue weighted by molar-refractivity contribution is 5.87. The van der Waals surface area contributed by atoms with Crippen LogP contribution >= 0.6 is 0 Å². The third-order valence-corrected chi connectivity index (χ3v) is 1.93. The van der Waals surface area contributed by atoms with Crippen molar-refractivity contribution in [3.8, 4) is 11.6 Å². The van der Waals surface area contributed by atoms with Crippen LogP contribution in [-0.2, 0) is 0 Å². The van der Waals surface area contributed by atoms with E-state index in [4.69, 9.17) is 14.7 Å². The van der Waals surface area contributed by atoms with Crippen LogP contribution < -0.4 is 9.57 Å². The molecule has 0 aliphatic heterocycles. The maximum absolute atomic E-state index is 10.8. The number of carboxylic acid groups (broad SMARTS) is 1. The van der Waals surface area contributed by atoms with Gasteiger partial charge in [0.15, 0.2) is 5.75 Å². The number of para-hydroxylation sites is 1. The molecule has 0 amide bonds. The van der Waals surface area contributed by atoms with E-state index in [1.807, 2.05) is 6.07 Å². The average molecular weight is 235 g/mol. The van der Waals surface area contributed by atoms with E-state index in [0.29, 0.717) is 5.75 Å². The number of aromatic carboxylic acids is 1. The summed E-state index contributed by atoms with van der Waals surface area (Å²) in [4.78, 5) is 17.0. The second-order valence-corrected chi connectivity index (χ2v) is 3.03. The molecule has 0 saturated heterocycles. The third kappa shape index (κ3) is 2.17. The quantitative estimate of drug-likeness (QED) is 0.844. The van der Waals surface area contributed by atoms with Crippen LogP contribution in [0.25, 0.3) is 0 Å². The van der Waals surface area contributed by atoms with Crippen LogP contribution in [0.3, 0.4) is 0 Å². The van der Waals surface area contributed by atoms with Gasteiger partial charge >= 0.3 is 5.97 Å². The lowest BCUT2D eigenvalue weighted by atomic mass is 10.3. The van der Waals surface area contributed by atoms with Crippen molar-refractivity contribution in [1.29, 1.82) is 0 Å². The largest absolute Gasteiger partial charge is 0.477 e. The second kappa shape index (κ2) is 4.52. The molecule has 0 fully saturated rings. The Morgan fingerprint density at radius 1 is 1.35 bits per heavy atom. The topological polar surface area (TPSA) is 86.5 Å². The smallest absolute Gasteiger partial charge is 0.362 e. The molecule has 2 rings (SSSR count). The molecule has 0 spiro atoms. The summed E-state index contributed by atoms with van der Waals surface area (Å²) in [6.45, 7) is 0. The van der Waals surface area contributed by atoms with Gasteiger partial charge in [0, 0.05) is 0 Å². The lowest BCUT2D eigenvalue weighted by Crippen LogP contribution is -2.10. The summed E-state index contributed by atoms with van der Waals surface area (Å²) in [5.74, 6) is -0.807. The van der Waals surface area contributed by atoms with Crippen LogP contribution in [0.1, 0.15) is 10.5 Å². The van der Waals surface area contributed by atoms with Gasteiger partial charge < -0.3 is 14.7 Å². The number of ether oxygens (including phenoxy) is 1. The highest BCUT2D eigenvalue weighted by Gasteiger charge is 2.21. The molecule has 88 valence electrons. The summed E-state index contributed by atoms with van der Waals surface area (Å²) in [5, 5.41) is 15.8. The number of methoxy groups -OCH3 is 1. The van der Waals surface area contributed by atoms with E-state index < -0.39 is 5.97 Å². The minimum absolute atomic E-state index is 0.0682. The van der Waals surface area contributed by atoms with Crippen LogP contribution in [-0.4, -0.2) is 33.3 Å². The van der Waals surface area contributed by atoms with Crippen LogP contribution in [0, 0.1) is 0 Å². The first-order valence-electron chi connectivity index (χ1n) is 4.68. The maximum atomic E-state index is 10.8. The fraction of sp³-hybridized carbons (Fsp3) is 0.100. The molecule has 1 heterocycles. The van der Waals surface area contributed by atoms with E-state index in [1.54, 1.807) is 24.3 Å². The summed E-state index contributed by atoms with van der Waals surface area (Å²) in [6.07, 6.45) is 0. The van der Waals surface area contributed by atoms with Gasteiger partial charge in [0.05, 0.1) is 7.11 Å². The van der Waals surface area contributed by atoms with Crippen molar-refractivity contribution in [2.24, 2.45) is 0 Å². The highest BCUT2D eigenvalue weighted by atomic mass is 16.7. The first kappa shape index (κ1) is 10.9. The third-order valence-electron chi connectivity index (χ3n) is 1.93. The minimum atomic E-state index is -1.23. The van der Waals surface area contributed by atoms with Gasteiger partial charge in [-0.2, -0.15) is 0 Å². The number of hydrogen-bond acceptors (Lipinski definition) is 5. The van der Waals surface area contributed by atoms with Crippen molar-refractivity contribution in [3.63, 3.8) is 0 Å². The Labute approximate surface area is 96.2 Å². The SMILES string of the molecule is COc1c(C(=O)O)nnn1Oc1ccccc1. The number of carbonyl (C=O) groups is 1. The van der Waals surface area contributed by atoms with Gasteiger partial charge in [0.25, 0.3) is 5.88 Å². The van der Waals surface area contributed by atoms with Crippen molar-refractivity contribution >= 4 is 5.97 Å². The Morgan fingerprint density at radius 2 is 2.06 bits per heavy atom. The van der Waals surface area contributed by atoms with E-state index >= 15 is 0 Å². The van der Waals surface area contributed by atoms with Crippen molar-refractivity contribution in [1.82, 2.24) is 15.2 Å². The number of hydrogen-bond donors (Lipinski definition) is 1. The molecule has 0 saturated carbocycles. The predicted molar refractivity (Wildman–Crippen MR) is 56.0 cm³/mol. The highest BCUT2D eigenvalue weighted by Crippen LogP contribution is 2.17. The van der Waals surface area contributed by atoms with Crippen LogP contribution in [0.4, 0.5) is 0 Å². The van der Waals surface area contributed by atoms with Gasteiger partial charge in [-0.05, 0) is 22.2 Å². The molecule has 0 aliphatic carbocycles. The number of benzene rings is 1. The maximum Gasteiger partial charge on any atom is 0.362 e. The Balaban J connectivity index is 2.31. The zero-order chi connectivity index (χ0) is 12.3. The Bertz CT molecular complexity index is 524. The first-order valence-corrected chi connectivity index (χ1v) is 4.68. The lowest BCUT2D eigenvalue weighted by Gasteiger charge is -2.05. The fourth-order valence-corrected chi connectivity index (χ4v) is 1.21. The average Bonchev–Trinajstić information content (AvgIpc) is 2.73. The van der Waals surface area contributed by atoms with Gasteiger partial charge in [0.1, 0.15) is 0 Å². The molecule has 0 radical (unpaired) electrons. The molecule has 1 aromatic carbocycles. The van der Waals surface area contributed by atoms with Gasteiger partial charge in [-0.3, -0.25) is 0 Å². The first-order chi connectivity index (χ1) is 8.22. The number of aromatic nitrogens is 3. The Kier molecular flexibility index (Phi) is 2.91. The van der Waals surface area contributed by atoms with E-state index in [0.717, 1.165) is 4.85 Å². The number of nitrogens with zero attached hydrogens (tertiary/aromatic N) is 3. The van der Waals surface area contributed by atoms with Crippen LogP contribution in [0.15, 0.2) is 30.3 Å². The summed E-state index contributed by atoms with van der Waals surface area (Å²) in [7, 11) is 1.32. The molecule has 1 aromatic heterocycles. The zero-order valence-electron chi connectivity index (χ0n) is 8.90. The van der Waals surface area contributed by atoms with Crippen LogP contribution in [0.5, 0.6) is 11.6 Å². The minimum Gasteiger partial charge on any atom is -0.477 e. The van der Waals surface area contributed by atoms with Crippen molar-refractivity contribution in [3.05, 3.63) is 36.0 Å². The predicted octanol–water partition coefficient (Wildman–Crippen LogP) is 0.827. The molecule has 7 nitrogen and oxygen atoms in total. The van der Waals surface area contributed by atoms with Crippen molar-refractivity contribution in [2.75, 3.05) is 7.11 Å². The Morgan fingerprint density at radius 3 is 2.65 bits per heavy atom. The molecule has 0 unspecified atom stereocenters. The van der Waals surface area contributed by atoms with Gasteiger partial charge in [-0.15, -0.1) is 5.10 Å². The molecule has 0 atom stereocenters. The molecule has 7 heteroatoms. The van der Waals surface area contributed by atoms with Gasteiger partial charge in [-0.25, -0.2) is 4.79 Å². The van der Waals surface area contributed by atoms with Crippen molar-refractivity contribution < 1.29 is 19.5 Å². The van der Waals surface area contributed by atoms with E-state index in [1.165, 1.54) is 7.11 Å². The van der Waals surface area contributed by atoms with Crippen molar-refractivity contribution in [2.45, 2.75) is 0 Å². The summed E-state index contributed by atoms with van der Waals surface area (Å²) < 4.78 is 4.88. The molecule has 0 aliphatic rings. The molecule has 17 heavy (non-hydrogen) atoms. The van der Waals surface area contributed by atoms with Crippen LogP contribution in [0.2, 0.25) is 0 Å². The summed E-state index contributed by atoms with van der Waals surface area (Å²) in [5.41, 5.74) is -0.302. The molecule has 0 bridgehead atoms. The second-order valence-electron chi connectivity index (χ2n) is 3.03. The molecule has 2 aromatic rings. The zero-order valence-corrected chi connectivity index (χ0v) is 8.90. The van der Waals surface area contributed by atoms with Gasteiger partial charge in [0.2, 0.25) is 5.69 Å². The number of carboxylic acids is 1. The van der Waals surface area contributed by atoms with E-state index in [9.17, 15) is 4.79 Å². The molecular weight excluding hydrogens is 226 g/mol.